The molecule has 0 spiro atoms. The SMILES string of the molecule is CCCn1ccnc1CN1C[C@@H]2c3ccc(OC)cc3OC[C@]2(CO)C1. The Balaban J connectivity index is 1.58. The fourth-order valence-electron chi connectivity index (χ4n) is 4.38. The first-order chi connectivity index (χ1) is 12.7. The summed E-state index contributed by atoms with van der Waals surface area (Å²) in [6.45, 7) is 6.36. The molecule has 3 heterocycles. The predicted molar refractivity (Wildman–Crippen MR) is 98.5 cm³/mol. The maximum absolute atomic E-state index is 10.2. The number of hydrogen-bond acceptors (Lipinski definition) is 5. The van der Waals surface area contributed by atoms with Gasteiger partial charge in [0.2, 0.25) is 0 Å². The van der Waals surface area contributed by atoms with Crippen LogP contribution in [0.5, 0.6) is 11.5 Å². The van der Waals surface area contributed by atoms with E-state index in [9.17, 15) is 5.11 Å². The van der Waals surface area contributed by atoms with Crippen LogP contribution < -0.4 is 9.47 Å². The van der Waals surface area contributed by atoms with Crippen molar-refractivity contribution < 1.29 is 14.6 Å². The first-order valence-electron chi connectivity index (χ1n) is 9.33. The molecule has 1 aromatic heterocycles. The molecule has 0 saturated carbocycles. The van der Waals surface area contributed by atoms with E-state index in [0.29, 0.717) is 6.61 Å². The van der Waals surface area contributed by atoms with E-state index in [-0.39, 0.29) is 17.9 Å². The molecule has 2 atom stereocenters. The molecule has 2 aliphatic heterocycles. The molecule has 140 valence electrons. The number of benzene rings is 1. The Morgan fingerprint density at radius 3 is 3.08 bits per heavy atom. The molecule has 2 aromatic rings. The number of aliphatic hydroxyl groups is 1. The van der Waals surface area contributed by atoms with Gasteiger partial charge >= 0.3 is 0 Å². The number of methoxy groups -OCH3 is 1. The van der Waals surface area contributed by atoms with E-state index in [4.69, 9.17) is 9.47 Å². The van der Waals surface area contributed by atoms with E-state index in [2.05, 4.69) is 33.6 Å². The van der Waals surface area contributed by atoms with Crippen molar-refractivity contribution in [1.82, 2.24) is 14.5 Å². The molecule has 6 heteroatoms. The van der Waals surface area contributed by atoms with Gasteiger partial charge in [0.05, 0.1) is 26.9 Å². The maximum Gasteiger partial charge on any atom is 0.126 e. The van der Waals surface area contributed by atoms with Crippen LogP contribution in [0.4, 0.5) is 0 Å². The number of rotatable bonds is 6. The van der Waals surface area contributed by atoms with Gasteiger partial charge in [-0.25, -0.2) is 4.98 Å². The van der Waals surface area contributed by atoms with Gasteiger partial charge in [0.15, 0.2) is 0 Å². The lowest BCUT2D eigenvalue weighted by molar-refractivity contribution is 0.0454. The molecular formula is C20H27N3O3. The number of aryl methyl sites for hydroxylation is 1. The van der Waals surface area contributed by atoms with Crippen molar-refractivity contribution in [2.45, 2.75) is 32.4 Å². The van der Waals surface area contributed by atoms with Crippen molar-refractivity contribution in [3.05, 3.63) is 42.0 Å². The molecule has 1 aromatic carbocycles. The molecule has 0 bridgehead atoms. The average molecular weight is 357 g/mol. The summed E-state index contributed by atoms with van der Waals surface area (Å²) in [6.07, 6.45) is 5.02. The van der Waals surface area contributed by atoms with Crippen molar-refractivity contribution in [1.29, 1.82) is 0 Å². The first-order valence-corrected chi connectivity index (χ1v) is 9.33. The minimum absolute atomic E-state index is 0.128. The number of hydrogen-bond donors (Lipinski definition) is 1. The molecule has 0 unspecified atom stereocenters. The fourth-order valence-corrected chi connectivity index (χ4v) is 4.38. The Labute approximate surface area is 154 Å². The lowest BCUT2D eigenvalue weighted by Gasteiger charge is -2.38. The van der Waals surface area contributed by atoms with Crippen LogP contribution in [0, 0.1) is 5.41 Å². The quantitative estimate of drug-likeness (QED) is 0.859. The lowest BCUT2D eigenvalue weighted by atomic mass is 9.74. The van der Waals surface area contributed by atoms with Gasteiger partial charge in [-0.15, -0.1) is 0 Å². The van der Waals surface area contributed by atoms with Crippen LogP contribution in [-0.2, 0) is 13.1 Å². The highest BCUT2D eigenvalue weighted by Crippen LogP contribution is 2.50. The molecule has 0 amide bonds. The van der Waals surface area contributed by atoms with Crippen molar-refractivity contribution in [3.8, 4) is 11.5 Å². The Morgan fingerprint density at radius 2 is 2.31 bits per heavy atom. The van der Waals surface area contributed by atoms with Crippen LogP contribution in [0.2, 0.25) is 0 Å². The van der Waals surface area contributed by atoms with E-state index in [0.717, 1.165) is 49.9 Å². The monoisotopic (exact) mass is 357 g/mol. The van der Waals surface area contributed by atoms with Gasteiger partial charge in [-0.2, -0.15) is 0 Å². The minimum Gasteiger partial charge on any atom is -0.497 e. The Morgan fingerprint density at radius 1 is 1.42 bits per heavy atom. The highest BCUT2D eigenvalue weighted by molar-refractivity contribution is 5.46. The molecular weight excluding hydrogens is 330 g/mol. The zero-order chi connectivity index (χ0) is 18.1. The average Bonchev–Trinajstić information content (AvgIpc) is 3.26. The highest BCUT2D eigenvalue weighted by Gasteiger charge is 2.51. The summed E-state index contributed by atoms with van der Waals surface area (Å²) in [6, 6.07) is 6.02. The number of nitrogens with zero attached hydrogens (tertiary/aromatic N) is 3. The Bertz CT molecular complexity index is 775. The zero-order valence-electron chi connectivity index (χ0n) is 15.5. The van der Waals surface area contributed by atoms with Gasteiger partial charge in [0.1, 0.15) is 17.3 Å². The molecule has 26 heavy (non-hydrogen) atoms. The van der Waals surface area contributed by atoms with Crippen molar-refractivity contribution in [3.63, 3.8) is 0 Å². The summed E-state index contributed by atoms with van der Waals surface area (Å²) in [7, 11) is 1.66. The van der Waals surface area contributed by atoms with Gasteiger partial charge in [0.25, 0.3) is 0 Å². The second-order valence-corrected chi connectivity index (χ2v) is 7.47. The van der Waals surface area contributed by atoms with E-state index in [1.807, 2.05) is 18.3 Å². The maximum atomic E-state index is 10.2. The van der Waals surface area contributed by atoms with Gasteiger partial charge in [-0.05, 0) is 18.1 Å². The summed E-state index contributed by atoms with van der Waals surface area (Å²) in [4.78, 5) is 6.94. The molecule has 1 saturated heterocycles. The highest BCUT2D eigenvalue weighted by atomic mass is 16.5. The number of fused-ring (bicyclic) bond motifs is 3. The van der Waals surface area contributed by atoms with E-state index in [1.165, 1.54) is 5.56 Å². The van der Waals surface area contributed by atoms with E-state index in [1.54, 1.807) is 7.11 Å². The van der Waals surface area contributed by atoms with Crippen molar-refractivity contribution in [2.24, 2.45) is 5.41 Å². The number of aliphatic hydroxyl groups excluding tert-OH is 1. The van der Waals surface area contributed by atoms with Gasteiger partial charge in [-0.1, -0.05) is 13.0 Å². The van der Waals surface area contributed by atoms with Crippen molar-refractivity contribution in [2.75, 3.05) is 33.4 Å². The summed E-state index contributed by atoms with van der Waals surface area (Å²) in [5, 5.41) is 10.2. The first kappa shape index (κ1) is 17.4. The number of aromatic nitrogens is 2. The summed E-state index contributed by atoms with van der Waals surface area (Å²) < 4.78 is 13.6. The standard InChI is InChI=1S/C20H27N3O3/c1-3-7-23-8-6-21-19(23)11-22-10-17-16-5-4-15(25-2)9-18(16)26-14-20(17,12-22)13-24/h4-6,8-9,17,24H,3,7,10-14H2,1-2H3/t17-,20-/m1/s1. The largest absolute Gasteiger partial charge is 0.497 e. The second kappa shape index (κ2) is 6.93. The third-order valence-corrected chi connectivity index (χ3v) is 5.78. The third kappa shape index (κ3) is 2.87. The Hall–Kier alpha value is -2.05. The molecule has 1 N–H and O–H groups in total. The summed E-state index contributed by atoms with van der Waals surface area (Å²) >= 11 is 0. The fraction of sp³-hybridized carbons (Fsp3) is 0.550. The van der Waals surface area contributed by atoms with Crippen LogP contribution in [0.3, 0.4) is 0 Å². The third-order valence-electron chi connectivity index (χ3n) is 5.78. The molecule has 1 fully saturated rings. The van der Waals surface area contributed by atoms with Gasteiger partial charge in [-0.3, -0.25) is 4.90 Å². The molecule has 0 aliphatic carbocycles. The lowest BCUT2D eigenvalue weighted by Crippen LogP contribution is -2.42. The summed E-state index contributed by atoms with van der Waals surface area (Å²) in [5.41, 5.74) is 0.925. The Kier molecular flexibility index (Phi) is 4.63. The van der Waals surface area contributed by atoms with E-state index < -0.39 is 0 Å². The second-order valence-electron chi connectivity index (χ2n) is 7.47. The van der Waals surface area contributed by atoms with Gasteiger partial charge in [0, 0.05) is 49.4 Å². The topological polar surface area (TPSA) is 59.8 Å². The number of ether oxygens (including phenoxy) is 2. The van der Waals surface area contributed by atoms with Crippen LogP contribution >= 0.6 is 0 Å². The van der Waals surface area contributed by atoms with Crippen LogP contribution in [-0.4, -0.2) is 53.0 Å². The molecule has 2 aliphatic rings. The van der Waals surface area contributed by atoms with Crippen molar-refractivity contribution >= 4 is 0 Å². The molecule has 4 rings (SSSR count). The molecule has 0 radical (unpaired) electrons. The summed E-state index contributed by atoms with van der Waals surface area (Å²) in [5.74, 6) is 3.04. The van der Waals surface area contributed by atoms with Crippen LogP contribution in [0.25, 0.3) is 0 Å². The zero-order valence-corrected chi connectivity index (χ0v) is 15.5. The van der Waals surface area contributed by atoms with Gasteiger partial charge < -0.3 is 19.1 Å². The predicted octanol–water partition coefficient (Wildman–Crippen LogP) is 2.27. The minimum atomic E-state index is -0.246. The molecule has 6 nitrogen and oxygen atoms in total. The normalized spacial score (nSPS) is 24.8. The smallest absolute Gasteiger partial charge is 0.126 e. The van der Waals surface area contributed by atoms with Crippen LogP contribution in [0.1, 0.15) is 30.7 Å². The van der Waals surface area contributed by atoms with E-state index >= 15 is 0 Å². The van der Waals surface area contributed by atoms with Crippen LogP contribution in [0.15, 0.2) is 30.6 Å². The number of imidazole rings is 1. The number of likely N-dealkylation sites (tertiary alicyclic amines) is 1.